The maximum Gasteiger partial charge on any atom is 0.266 e. The minimum Gasteiger partial charge on any atom is -0.461 e. The molecule has 112 valence electrons. The van der Waals surface area contributed by atoms with E-state index in [9.17, 15) is 9.59 Å². The molecule has 0 radical (unpaired) electrons. The Morgan fingerprint density at radius 3 is 2.70 bits per heavy atom. The zero-order valence-corrected chi connectivity index (χ0v) is 12.6. The first-order chi connectivity index (χ1) is 11.2. The van der Waals surface area contributed by atoms with Crippen molar-refractivity contribution in [2.24, 2.45) is 0 Å². The van der Waals surface area contributed by atoms with Crippen LogP contribution in [-0.4, -0.2) is 10.8 Å². The summed E-state index contributed by atoms with van der Waals surface area (Å²) < 4.78 is 5.95. The molecule has 0 saturated carbocycles. The summed E-state index contributed by atoms with van der Waals surface area (Å²) in [6.07, 6.45) is 4.46. The predicted octanol–water partition coefficient (Wildman–Crippen LogP) is 1.39. The van der Waals surface area contributed by atoms with E-state index in [2.05, 4.69) is 4.98 Å². The third-order valence-electron chi connectivity index (χ3n) is 3.04. The van der Waals surface area contributed by atoms with Gasteiger partial charge in [-0.05, 0) is 35.9 Å². The molecule has 0 aliphatic heterocycles. The molecule has 0 atom stereocenters. The van der Waals surface area contributed by atoms with Crippen LogP contribution in [0.1, 0.15) is 21.7 Å². The molecule has 0 amide bonds. The number of furan rings is 1. The standard InChI is InChI=1S/C17H10N2O3S/c18-10-12-5-3-11(4-6-12)8-15-17(21)19-16(23-15)9-13(20)14-2-1-7-22-14/h1-9H,(H,19,21). The summed E-state index contributed by atoms with van der Waals surface area (Å²) in [5.74, 6) is -0.0886. The number of Topliss-reactive ketones (excluding diaryl/α,β-unsaturated/α-hetero) is 1. The van der Waals surface area contributed by atoms with Gasteiger partial charge in [-0.2, -0.15) is 5.26 Å². The quantitative estimate of drug-likeness (QED) is 0.738. The number of thiazole rings is 1. The predicted molar refractivity (Wildman–Crippen MR) is 86.4 cm³/mol. The Hall–Kier alpha value is -3.17. The molecule has 5 nitrogen and oxygen atoms in total. The van der Waals surface area contributed by atoms with Crippen molar-refractivity contribution in [3.63, 3.8) is 0 Å². The Balaban J connectivity index is 1.97. The average molecular weight is 322 g/mol. The molecule has 2 aromatic heterocycles. The Morgan fingerprint density at radius 2 is 2.04 bits per heavy atom. The van der Waals surface area contributed by atoms with Crippen LogP contribution in [0, 0.1) is 11.3 Å². The molecular formula is C17H10N2O3S. The van der Waals surface area contributed by atoms with Crippen LogP contribution in [0.25, 0.3) is 12.2 Å². The van der Waals surface area contributed by atoms with Crippen molar-refractivity contribution >= 4 is 29.3 Å². The van der Waals surface area contributed by atoms with Crippen molar-refractivity contribution in [3.8, 4) is 6.07 Å². The number of rotatable bonds is 3. The van der Waals surface area contributed by atoms with E-state index in [1.54, 1.807) is 42.5 Å². The highest BCUT2D eigenvalue weighted by molar-refractivity contribution is 7.07. The number of aromatic amines is 1. The second kappa shape index (κ2) is 6.30. The summed E-state index contributed by atoms with van der Waals surface area (Å²) in [5, 5.41) is 8.77. The van der Waals surface area contributed by atoms with Gasteiger partial charge in [0, 0.05) is 6.08 Å². The molecule has 3 rings (SSSR count). The normalized spacial score (nSPS) is 12.3. The van der Waals surface area contributed by atoms with Crippen molar-refractivity contribution in [1.29, 1.82) is 5.26 Å². The first-order valence-electron chi connectivity index (χ1n) is 6.66. The highest BCUT2D eigenvalue weighted by Crippen LogP contribution is 2.04. The van der Waals surface area contributed by atoms with Crippen LogP contribution in [0.15, 0.2) is 51.9 Å². The lowest BCUT2D eigenvalue weighted by molar-refractivity contribution is 0.103. The van der Waals surface area contributed by atoms with E-state index in [-0.39, 0.29) is 17.1 Å². The van der Waals surface area contributed by atoms with Crippen molar-refractivity contribution in [2.45, 2.75) is 0 Å². The van der Waals surface area contributed by atoms with Crippen molar-refractivity contribution in [2.75, 3.05) is 0 Å². The summed E-state index contributed by atoms with van der Waals surface area (Å²) in [5.41, 5.74) is 1.10. The first-order valence-corrected chi connectivity index (χ1v) is 7.48. The monoisotopic (exact) mass is 322 g/mol. The lowest BCUT2D eigenvalue weighted by Crippen LogP contribution is -2.19. The third kappa shape index (κ3) is 3.36. The van der Waals surface area contributed by atoms with Gasteiger partial charge in [0.25, 0.3) is 5.56 Å². The lowest BCUT2D eigenvalue weighted by Gasteiger charge is -1.91. The second-order valence-electron chi connectivity index (χ2n) is 4.65. The molecule has 1 aromatic carbocycles. The summed E-state index contributed by atoms with van der Waals surface area (Å²) in [6, 6.07) is 12.1. The number of hydrogen-bond donors (Lipinski definition) is 1. The number of aromatic nitrogens is 1. The number of carbonyl (C=O) groups is 1. The molecule has 23 heavy (non-hydrogen) atoms. The molecule has 3 aromatic rings. The maximum absolute atomic E-state index is 12.0. The summed E-state index contributed by atoms with van der Waals surface area (Å²) in [7, 11) is 0. The SMILES string of the molecule is N#Cc1ccc(C=c2sc(=CC(=O)c3ccco3)[nH]c2=O)cc1. The molecule has 0 aliphatic rings. The van der Waals surface area contributed by atoms with Crippen molar-refractivity contribution < 1.29 is 9.21 Å². The number of H-pyrrole nitrogens is 1. The Bertz CT molecular complexity index is 1050. The molecule has 0 fully saturated rings. The van der Waals surface area contributed by atoms with Gasteiger partial charge in [-0.25, -0.2) is 0 Å². The smallest absolute Gasteiger partial charge is 0.266 e. The van der Waals surface area contributed by atoms with Crippen LogP contribution in [0.2, 0.25) is 0 Å². The van der Waals surface area contributed by atoms with E-state index in [0.717, 1.165) is 5.56 Å². The number of hydrogen-bond acceptors (Lipinski definition) is 5. The number of ketones is 1. The molecule has 0 bridgehead atoms. The highest BCUT2D eigenvalue weighted by atomic mass is 32.1. The topological polar surface area (TPSA) is 86.9 Å². The van der Waals surface area contributed by atoms with E-state index >= 15 is 0 Å². The zero-order valence-electron chi connectivity index (χ0n) is 11.8. The minimum absolute atomic E-state index is 0.219. The molecular weight excluding hydrogens is 312 g/mol. The van der Waals surface area contributed by atoms with Crippen LogP contribution >= 0.6 is 11.3 Å². The van der Waals surface area contributed by atoms with Crippen LogP contribution < -0.4 is 14.8 Å². The average Bonchev–Trinajstić information content (AvgIpc) is 3.19. The minimum atomic E-state index is -0.308. The van der Waals surface area contributed by atoms with Crippen LogP contribution in [0.3, 0.4) is 0 Å². The molecule has 6 heteroatoms. The Morgan fingerprint density at radius 1 is 1.26 bits per heavy atom. The van der Waals surface area contributed by atoms with E-state index in [1.807, 2.05) is 6.07 Å². The summed E-state index contributed by atoms with van der Waals surface area (Å²) in [6.45, 7) is 0. The summed E-state index contributed by atoms with van der Waals surface area (Å²) in [4.78, 5) is 26.5. The van der Waals surface area contributed by atoms with Gasteiger partial charge >= 0.3 is 0 Å². The van der Waals surface area contributed by atoms with Gasteiger partial charge in [0.1, 0.15) is 0 Å². The fourth-order valence-corrected chi connectivity index (χ4v) is 2.82. The molecule has 2 heterocycles. The number of nitrogens with one attached hydrogen (secondary N) is 1. The fraction of sp³-hybridized carbons (Fsp3) is 0. The molecule has 0 aliphatic carbocycles. The fourth-order valence-electron chi connectivity index (χ4n) is 1.94. The van der Waals surface area contributed by atoms with Gasteiger partial charge in [0.15, 0.2) is 5.76 Å². The van der Waals surface area contributed by atoms with E-state index in [4.69, 9.17) is 9.68 Å². The summed E-state index contributed by atoms with van der Waals surface area (Å²) >= 11 is 1.18. The van der Waals surface area contributed by atoms with Gasteiger partial charge < -0.3 is 9.40 Å². The molecule has 0 spiro atoms. The highest BCUT2D eigenvalue weighted by Gasteiger charge is 2.05. The van der Waals surface area contributed by atoms with E-state index < -0.39 is 0 Å². The number of nitrogens with zero attached hydrogens (tertiary/aromatic N) is 1. The van der Waals surface area contributed by atoms with Crippen LogP contribution in [0.5, 0.6) is 0 Å². The molecule has 0 saturated heterocycles. The van der Waals surface area contributed by atoms with Gasteiger partial charge in [-0.3, -0.25) is 9.59 Å². The lowest BCUT2D eigenvalue weighted by atomic mass is 10.1. The van der Waals surface area contributed by atoms with Crippen molar-refractivity contribution in [3.05, 3.63) is 79.1 Å². The maximum atomic E-state index is 12.0. The first kappa shape index (κ1) is 14.8. The van der Waals surface area contributed by atoms with E-state index in [1.165, 1.54) is 23.7 Å². The van der Waals surface area contributed by atoms with Gasteiger partial charge in [0.2, 0.25) is 5.78 Å². The largest absolute Gasteiger partial charge is 0.461 e. The zero-order chi connectivity index (χ0) is 16.2. The van der Waals surface area contributed by atoms with Crippen LogP contribution in [-0.2, 0) is 0 Å². The molecule has 0 unspecified atom stereocenters. The van der Waals surface area contributed by atoms with E-state index in [0.29, 0.717) is 14.8 Å². The Kier molecular flexibility index (Phi) is 4.04. The van der Waals surface area contributed by atoms with Gasteiger partial charge in [-0.15, -0.1) is 11.3 Å². The Labute approximate surface area is 134 Å². The third-order valence-corrected chi connectivity index (χ3v) is 4.01. The second-order valence-corrected chi connectivity index (χ2v) is 5.73. The number of nitriles is 1. The van der Waals surface area contributed by atoms with Crippen LogP contribution in [0.4, 0.5) is 0 Å². The van der Waals surface area contributed by atoms with Crippen molar-refractivity contribution in [1.82, 2.24) is 4.98 Å². The number of benzene rings is 1. The van der Waals surface area contributed by atoms with Gasteiger partial charge in [0.05, 0.1) is 27.1 Å². The molecule has 1 N–H and O–H groups in total. The number of carbonyl (C=O) groups excluding carboxylic acids is 1. The van der Waals surface area contributed by atoms with Gasteiger partial charge in [-0.1, -0.05) is 12.1 Å².